The number of aliphatic hydroxyl groups is 2. The molecule has 2 aliphatic carbocycles. The monoisotopic (exact) mass is 1010 g/mol. The lowest BCUT2D eigenvalue weighted by atomic mass is 9.55. The molecule has 0 saturated heterocycles. The van der Waals surface area contributed by atoms with E-state index in [2.05, 4.69) is 29.8 Å². The lowest BCUT2D eigenvalue weighted by Gasteiger charge is -2.59. The van der Waals surface area contributed by atoms with Crippen LogP contribution in [-0.2, 0) is 26.2 Å². The number of nitro benzene ring substituents is 1. The number of aromatic nitrogens is 1. The molecule has 9 rings (SSSR count). The number of hydrogen-bond donors (Lipinski definition) is 2. The molecule has 380 valence electrons. The summed E-state index contributed by atoms with van der Waals surface area (Å²) >= 11 is 0. The van der Waals surface area contributed by atoms with Crippen LogP contribution < -0.4 is 9.47 Å². The number of hydrogen-bond acceptors (Lipinski definition) is 12. The van der Waals surface area contributed by atoms with Crippen molar-refractivity contribution in [1.82, 2.24) is 9.29 Å². The van der Waals surface area contributed by atoms with Crippen molar-refractivity contribution in [3.05, 3.63) is 179 Å². The number of rotatable bonds is 23. The minimum absolute atomic E-state index is 0.0135. The van der Waals surface area contributed by atoms with Gasteiger partial charge in [0.15, 0.2) is 0 Å². The van der Waals surface area contributed by atoms with Crippen LogP contribution in [0.2, 0.25) is 0 Å². The average Bonchev–Trinajstić information content (AvgIpc) is 3.41. The third-order valence-electron chi connectivity index (χ3n) is 14.4. The van der Waals surface area contributed by atoms with Crippen molar-refractivity contribution in [1.29, 1.82) is 0 Å². The zero-order valence-corrected chi connectivity index (χ0v) is 41.8. The molecule has 0 radical (unpaired) electrons. The van der Waals surface area contributed by atoms with Crippen LogP contribution in [0, 0.1) is 27.9 Å². The number of benzene rings is 5. The van der Waals surface area contributed by atoms with E-state index in [9.17, 15) is 20.3 Å². The number of allylic oxidation sites excluding steroid dienone is 1. The van der Waals surface area contributed by atoms with Crippen LogP contribution in [0.25, 0.3) is 22.0 Å². The third-order valence-corrected chi connectivity index (χ3v) is 16.3. The maximum atomic E-state index is 15.7. The van der Waals surface area contributed by atoms with Gasteiger partial charge in [0.1, 0.15) is 28.8 Å². The Kier molecular flexibility index (Phi) is 16.1. The second kappa shape index (κ2) is 23.0. The first-order chi connectivity index (χ1) is 35.6. The van der Waals surface area contributed by atoms with E-state index in [-0.39, 0.29) is 67.7 Å². The molecular weight excluding hydrogens is 945 g/mol. The maximum Gasteiger partial charge on any atom is 0.269 e. The molecule has 15 heteroatoms. The normalized spacial score (nSPS) is 21.7. The molecule has 6 aromatic rings. The molecule has 1 aromatic heterocycles. The van der Waals surface area contributed by atoms with Gasteiger partial charge in [0.2, 0.25) is 15.8 Å². The molecule has 1 fully saturated rings. The van der Waals surface area contributed by atoms with E-state index in [1.54, 1.807) is 42.6 Å². The van der Waals surface area contributed by atoms with Crippen LogP contribution in [0.3, 0.4) is 0 Å². The van der Waals surface area contributed by atoms with Crippen molar-refractivity contribution in [2.75, 3.05) is 26.4 Å². The van der Waals surface area contributed by atoms with Gasteiger partial charge in [-0.1, -0.05) is 97.7 Å². The summed E-state index contributed by atoms with van der Waals surface area (Å²) in [7, 11) is -4.38. The second-order valence-electron chi connectivity index (χ2n) is 18.9. The number of para-hydroxylation sites is 1. The molecule has 6 atom stereocenters. The number of oxime groups is 1. The number of unbranched alkanes of at least 4 members (excludes halogenated alkanes) is 2. The van der Waals surface area contributed by atoms with Crippen molar-refractivity contribution in [3.8, 4) is 28.4 Å². The minimum Gasteiger partial charge on any atom is -0.460 e. The molecule has 1 saturated carbocycles. The zero-order chi connectivity index (χ0) is 51.0. The fourth-order valence-electron chi connectivity index (χ4n) is 11.1. The fourth-order valence-corrected chi connectivity index (χ4v) is 13.0. The molecule has 73 heavy (non-hydrogen) atoms. The van der Waals surface area contributed by atoms with E-state index in [0.29, 0.717) is 65.1 Å². The van der Waals surface area contributed by atoms with E-state index in [0.717, 1.165) is 41.5 Å². The summed E-state index contributed by atoms with van der Waals surface area (Å²) in [5, 5.41) is 37.2. The van der Waals surface area contributed by atoms with E-state index in [1.165, 1.54) is 16.4 Å². The van der Waals surface area contributed by atoms with Gasteiger partial charge in [-0.25, -0.2) is 8.42 Å². The van der Waals surface area contributed by atoms with Crippen molar-refractivity contribution in [2.45, 2.75) is 87.5 Å². The highest BCUT2D eigenvalue weighted by Gasteiger charge is 2.66. The van der Waals surface area contributed by atoms with Gasteiger partial charge in [0, 0.05) is 61.4 Å². The summed E-state index contributed by atoms with van der Waals surface area (Å²) < 4.78 is 54.2. The standard InChI is InChI=1S/C58H62N4O10S/c1-3-32-61(73(67,68)53-20-12-17-43-18-13-31-59-57(43)53)54-38-51(60-70-39-40-21-25-45(26-22-40)62(65)66)49-36-44(16-8-10-33-63)48(19-9-11-34-64)55-50-37-47(29-30-52(50)72-58(54,56(49)55)69-35-4-2)71-46-27-23-42(24-28-46)41-14-6-5-7-15-41/h4-7,12-15,17-18,20-31,36-37,44,48,54-56,63-64H,2-3,8-11,16,19,32-35,38-39H2,1H3/t44-,48+,54-,55+,56+,58+/m0/s1. The van der Waals surface area contributed by atoms with Crippen LogP contribution in [0.1, 0.15) is 75.3 Å². The van der Waals surface area contributed by atoms with E-state index in [1.807, 2.05) is 79.7 Å². The van der Waals surface area contributed by atoms with E-state index < -0.39 is 32.7 Å². The Bertz CT molecular complexity index is 3050. The quantitative estimate of drug-likeness (QED) is 0.0269. The molecule has 3 aliphatic rings. The molecule has 0 bridgehead atoms. The predicted octanol–water partition coefficient (Wildman–Crippen LogP) is 11.5. The number of sulfonamides is 1. The van der Waals surface area contributed by atoms with Crippen molar-refractivity contribution in [3.63, 3.8) is 0 Å². The zero-order valence-electron chi connectivity index (χ0n) is 41.0. The Labute approximate surface area is 426 Å². The molecule has 2 N–H and O–H groups in total. The van der Waals surface area contributed by atoms with Gasteiger partial charge in [0.05, 0.1) is 34.7 Å². The summed E-state index contributed by atoms with van der Waals surface area (Å²) in [5.41, 5.74) is 5.28. The first-order valence-corrected chi connectivity index (χ1v) is 26.7. The van der Waals surface area contributed by atoms with Crippen molar-refractivity contribution < 1.29 is 42.6 Å². The first-order valence-electron chi connectivity index (χ1n) is 25.2. The number of nitro groups is 1. The van der Waals surface area contributed by atoms with Crippen LogP contribution in [-0.4, -0.2) is 76.7 Å². The van der Waals surface area contributed by atoms with Gasteiger partial charge in [-0.15, -0.1) is 6.58 Å². The largest absolute Gasteiger partial charge is 0.460 e. The van der Waals surface area contributed by atoms with Crippen molar-refractivity contribution >= 4 is 32.3 Å². The highest BCUT2D eigenvalue weighted by atomic mass is 32.2. The third kappa shape index (κ3) is 10.7. The summed E-state index contributed by atoms with van der Waals surface area (Å²) in [6, 6.07) is 37.7. The highest BCUT2D eigenvalue weighted by Crippen LogP contribution is 2.62. The first kappa shape index (κ1) is 51.2. The van der Waals surface area contributed by atoms with Gasteiger partial charge < -0.3 is 29.3 Å². The minimum atomic E-state index is -4.38. The number of fused-ring (bicyclic) bond motifs is 3. The van der Waals surface area contributed by atoms with Crippen LogP contribution in [0.4, 0.5) is 5.69 Å². The molecule has 1 aliphatic heterocycles. The SMILES string of the molecule is C=CCO[C@@]12Oc3ccc(Oc4ccc(-c5ccccc5)cc4)cc3[C@H]3[C@H](CCCCO)[C@@H](CCCCO)C=C(C(=NOCc4ccc([N+](=O)[O-])cc4)C[C@@H]1N(CCC)S(=O)(=O)c1cccc4cccnc14)[C@H]32. The Balaban J connectivity index is 1.23. The maximum absolute atomic E-state index is 15.7. The van der Waals surface area contributed by atoms with E-state index in [4.69, 9.17) is 24.2 Å². The molecule has 14 nitrogen and oxygen atoms in total. The number of non-ortho nitro benzene ring substituents is 1. The Morgan fingerprint density at radius 1 is 0.890 bits per heavy atom. The molecular formula is C58H62N4O10S. The Hall–Kier alpha value is -6.75. The smallest absolute Gasteiger partial charge is 0.269 e. The van der Waals surface area contributed by atoms with Crippen LogP contribution in [0.5, 0.6) is 17.2 Å². The summed E-state index contributed by atoms with van der Waals surface area (Å²) in [5.74, 6) is -1.07. The summed E-state index contributed by atoms with van der Waals surface area (Å²) in [6.07, 6.45) is 10.1. The van der Waals surface area contributed by atoms with Gasteiger partial charge in [0.25, 0.3) is 5.69 Å². The summed E-state index contributed by atoms with van der Waals surface area (Å²) in [4.78, 5) is 21.9. The van der Waals surface area contributed by atoms with Gasteiger partial charge in [-0.2, -0.15) is 4.31 Å². The topological polar surface area (TPSA) is 183 Å². The molecule has 5 aromatic carbocycles. The van der Waals surface area contributed by atoms with E-state index >= 15 is 8.42 Å². The average molecular weight is 1010 g/mol. The van der Waals surface area contributed by atoms with Crippen molar-refractivity contribution in [2.24, 2.45) is 22.9 Å². The van der Waals surface area contributed by atoms with Gasteiger partial charge in [-0.05, 0) is 121 Å². The predicted molar refractivity (Wildman–Crippen MR) is 281 cm³/mol. The van der Waals surface area contributed by atoms with Crippen LogP contribution in [0.15, 0.2) is 168 Å². The summed E-state index contributed by atoms with van der Waals surface area (Å²) in [6.45, 7) is 6.16. The fraction of sp³-hybridized carbons (Fsp3) is 0.345. The molecule has 0 spiro atoms. The molecule has 0 unspecified atom stereocenters. The second-order valence-corrected chi connectivity index (χ2v) is 20.8. The van der Waals surface area contributed by atoms with Gasteiger partial charge in [-0.3, -0.25) is 15.1 Å². The molecule has 2 heterocycles. The number of aliphatic hydroxyl groups excluding tert-OH is 2. The number of ether oxygens (including phenoxy) is 3. The lowest BCUT2D eigenvalue weighted by Crippen LogP contribution is -2.70. The highest BCUT2D eigenvalue weighted by molar-refractivity contribution is 7.89. The Morgan fingerprint density at radius 2 is 1.62 bits per heavy atom. The number of pyridine rings is 1. The molecule has 0 amide bonds. The number of nitrogens with zero attached hydrogens (tertiary/aromatic N) is 4. The lowest BCUT2D eigenvalue weighted by molar-refractivity contribution is -0.384. The Morgan fingerprint density at radius 3 is 2.34 bits per heavy atom. The van der Waals surface area contributed by atoms with Crippen LogP contribution >= 0.6 is 0 Å². The van der Waals surface area contributed by atoms with Gasteiger partial charge >= 0.3 is 0 Å².